The molecule has 0 bridgehead atoms. The van der Waals surface area contributed by atoms with E-state index < -0.39 is 11.8 Å². The average Bonchev–Trinajstić information content (AvgIpc) is 2.81. The smallest absolute Gasteiger partial charge is 0.252 e. The number of rotatable bonds is 5. The highest BCUT2D eigenvalue weighted by Crippen LogP contribution is 2.43. The lowest BCUT2D eigenvalue weighted by Crippen LogP contribution is -2.58. The summed E-state index contributed by atoms with van der Waals surface area (Å²) in [5.74, 6) is -3.71. The van der Waals surface area contributed by atoms with Crippen LogP contribution in [0.3, 0.4) is 0 Å². The molecule has 2 atom stereocenters. The second-order valence-corrected chi connectivity index (χ2v) is 11.5. The highest BCUT2D eigenvalue weighted by molar-refractivity contribution is 5.77. The summed E-state index contributed by atoms with van der Waals surface area (Å²) in [6.07, 6.45) is 2.97. The van der Waals surface area contributed by atoms with Crippen LogP contribution in [0.5, 0.6) is 0 Å². The van der Waals surface area contributed by atoms with Gasteiger partial charge >= 0.3 is 0 Å². The minimum absolute atomic E-state index is 0.0245. The SMILES string of the molecule is Cc1ccc(C2(C)CCN(C(=O)CC3[C@@H](N4CCN(C(C)C)CC4)CCCC3(F)F)CC2)cc1. The number of hydrogen-bond donors (Lipinski definition) is 0. The molecule has 1 amide bonds. The third kappa shape index (κ3) is 5.48. The number of benzene rings is 1. The molecule has 6 heteroatoms. The van der Waals surface area contributed by atoms with Crippen LogP contribution in [0.1, 0.15) is 70.4 Å². The summed E-state index contributed by atoms with van der Waals surface area (Å²) in [5, 5.41) is 0. The molecule has 0 aromatic heterocycles. The van der Waals surface area contributed by atoms with Gasteiger partial charge in [-0.05, 0) is 57.4 Å². The number of likely N-dealkylation sites (tertiary alicyclic amines) is 1. The number of alkyl halides is 2. The third-order valence-electron chi connectivity index (χ3n) is 8.93. The van der Waals surface area contributed by atoms with Crippen molar-refractivity contribution in [1.82, 2.24) is 14.7 Å². The third-order valence-corrected chi connectivity index (χ3v) is 8.93. The van der Waals surface area contributed by atoms with E-state index in [0.29, 0.717) is 25.6 Å². The Morgan fingerprint density at radius 2 is 1.62 bits per heavy atom. The average molecular weight is 476 g/mol. The van der Waals surface area contributed by atoms with Gasteiger partial charge in [0.05, 0.1) is 0 Å². The van der Waals surface area contributed by atoms with Crippen LogP contribution in [0.25, 0.3) is 0 Å². The van der Waals surface area contributed by atoms with E-state index in [2.05, 4.69) is 61.8 Å². The number of piperidine rings is 1. The minimum Gasteiger partial charge on any atom is -0.343 e. The molecule has 190 valence electrons. The fourth-order valence-corrected chi connectivity index (χ4v) is 6.33. The lowest BCUT2D eigenvalue weighted by Gasteiger charge is -2.48. The van der Waals surface area contributed by atoms with Crippen molar-refractivity contribution in [2.24, 2.45) is 5.92 Å². The maximum atomic E-state index is 15.2. The van der Waals surface area contributed by atoms with Crippen LogP contribution >= 0.6 is 0 Å². The van der Waals surface area contributed by atoms with E-state index >= 15 is 8.78 Å². The van der Waals surface area contributed by atoms with Gasteiger partial charge in [-0.2, -0.15) is 0 Å². The monoisotopic (exact) mass is 475 g/mol. The zero-order valence-corrected chi connectivity index (χ0v) is 21.5. The largest absolute Gasteiger partial charge is 0.343 e. The Kier molecular flexibility index (Phi) is 7.68. The van der Waals surface area contributed by atoms with Gasteiger partial charge in [0.15, 0.2) is 0 Å². The predicted molar refractivity (Wildman–Crippen MR) is 133 cm³/mol. The Morgan fingerprint density at radius 1 is 1.00 bits per heavy atom. The number of hydrogen-bond acceptors (Lipinski definition) is 3. The van der Waals surface area contributed by atoms with E-state index in [1.54, 1.807) is 0 Å². The fourth-order valence-electron chi connectivity index (χ4n) is 6.33. The van der Waals surface area contributed by atoms with Crippen molar-refractivity contribution in [2.45, 2.75) is 89.6 Å². The van der Waals surface area contributed by atoms with Gasteiger partial charge in [-0.25, -0.2) is 8.78 Å². The summed E-state index contributed by atoms with van der Waals surface area (Å²) >= 11 is 0. The van der Waals surface area contributed by atoms with Gasteiger partial charge in [-0.1, -0.05) is 36.8 Å². The van der Waals surface area contributed by atoms with Crippen molar-refractivity contribution >= 4 is 5.91 Å². The molecule has 3 aliphatic rings. The van der Waals surface area contributed by atoms with Crippen LogP contribution < -0.4 is 0 Å². The molecule has 1 aromatic carbocycles. The molecule has 4 nitrogen and oxygen atoms in total. The van der Waals surface area contributed by atoms with Crippen LogP contribution in [0.4, 0.5) is 8.78 Å². The Bertz CT molecular complexity index is 825. The molecule has 0 N–H and O–H groups in total. The van der Waals surface area contributed by atoms with E-state index in [9.17, 15) is 4.79 Å². The number of halogens is 2. The molecule has 0 spiro atoms. The first-order valence-electron chi connectivity index (χ1n) is 13.3. The summed E-state index contributed by atoms with van der Waals surface area (Å²) in [6.45, 7) is 13.5. The zero-order valence-electron chi connectivity index (χ0n) is 21.5. The maximum absolute atomic E-state index is 15.2. The molecular formula is C28H43F2N3O. The minimum atomic E-state index is -2.76. The molecule has 1 saturated carbocycles. The Labute approximate surface area is 204 Å². The molecule has 34 heavy (non-hydrogen) atoms. The molecule has 1 unspecified atom stereocenters. The van der Waals surface area contributed by atoms with Gasteiger partial charge in [0.1, 0.15) is 0 Å². The molecule has 2 aliphatic heterocycles. The van der Waals surface area contributed by atoms with Crippen molar-refractivity contribution in [3.63, 3.8) is 0 Å². The summed E-state index contributed by atoms with van der Waals surface area (Å²) in [6, 6.07) is 8.97. The first-order chi connectivity index (χ1) is 16.1. The van der Waals surface area contributed by atoms with E-state index in [1.165, 1.54) is 11.1 Å². The van der Waals surface area contributed by atoms with E-state index in [1.807, 2.05) is 4.90 Å². The number of nitrogens with zero attached hydrogens (tertiary/aromatic N) is 3. The molecule has 3 fully saturated rings. The fraction of sp³-hybridized carbons (Fsp3) is 0.750. The van der Waals surface area contributed by atoms with Crippen LogP contribution in [-0.2, 0) is 10.2 Å². The normalized spacial score (nSPS) is 28.3. The summed E-state index contributed by atoms with van der Waals surface area (Å²) in [7, 11) is 0. The molecular weight excluding hydrogens is 432 g/mol. The van der Waals surface area contributed by atoms with Crippen molar-refractivity contribution in [3.05, 3.63) is 35.4 Å². The van der Waals surface area contributed by atoms with E-state index in [0.717, 1.165) is 45.4 Å². The van der Waals surface area contributed by atoms with Crippen LogP contribution in [-0.4, -0.2) is 77.9 Å². The number of carbonyl (C=O) groups is 1. The van der Waals surface area contributed by atoms with Gasteiger partial charge < -0.3 is 4.90 Å². The number of aryl methyl sites for hydroxylation is 1. The Morgan fingerprint density at radius 3 is 2.21 bits per heavy atom. The molecule has 1 aliphatic carbocycles. The molecule has 1 aromatic rings. The van der Waals surface area contributed by atoms with Gasteiger partial charge in [0.2, 0.25) is 5.91 Å². The van der Waals surface area contributed by atoms with E-state index in [-0.39, 0.29) is 30.2 Å². The van der Waals surface area contributed by atoms with Crippen molar-refractivity contribution in [2.75, 3.05) is 39.3 Å². The second kappa shape index (κ2) is 10.2. The lowest BCUT2D eigenvalue weighted by atomic mass is 9.74. The number of amides is 1. The Balaban J connectivity index is 1.38. The second-order valence-electron chi connectivity index (χ2n) is 11.5. The standard InChI is InChI=1S/C28H43F2N3O/c1-21(2)31-16-18-32(19-17-31)25-6-5-11-28(29,30)24(25)20-26(34)33-14-12-27(4,13-15-33)23-9-7-22(3)8-10-23/h7-10,21,24-25H,5-6,11-20H2,1-4H3/t24?,25-/m0/s1. The molecule has 2 saturated heterocycles. The van der Waals surface area contributed by atoms with Crippen LogP contribution in [0.15, 0.2) is 24.3 Å². The van der Waals surface area contributed by atoms with E-state index in [4.69, 9.17) is 0 Å². The number of piperazine rings is 1. The summed E-state index contributed by atoms with van der Waals surface area (Å²) in [5.41, 5.74) is 2.59. The highest BCUT2D eigenvalue weighted by atomic mass is 19.3. The van der Waals surface area contributed by atoms with Gasteiger partial charge in [-0.3, -0.25) is 14.6 Å². The Hall–Kier alpha value is -1.53. The molecule has 2 heterocycles. The van der Waals surface area contributed by atoms with Crippen LogP contribution in [0.2, 0.25) is 0 Å². The zero-order chi connectivity index (χ0) is 24.5. The topological polar surface area (TPSA) is 26.8 Å². The van der Waals surface area contributed by atoms with Gasteiger partial charge in [0.25, 0.3) is 5.92 Å². The lowest BCUT2D eigenvalue weighted by molar-refractivity contribution is -0.151. The molecule has 4 rings (SSSR count). The molecule has 0 radical (unpaired) electrons. The van der Waals surface area contributed by atoms with Gasteiger partial charge in [-0.15, -0.1) is 0 Å². The predicted octanol–water partition coefficient (Wildman–Crippen LogP) is 5.10. The van der Waals surface area contributed by atoms with Crippen LogP contribution in [0, 0.1) is 12.8 Å². The van der Waals surface area contributed by atoms with Gasteiger partial charge in [0, 0.05) is 70.1 Å². The quantitative estimate of drug-likeness (QED) is 0.593. The first kappa shape index (κ1) is 25.6. The van der Waals surface area contributed by atoms with Crippen molar-refractivity contribution < 1.29 is 13.6 Å². The summed E-state index contributed by atoms with van der Waals surface area (Å²) < 4.78 is 30.4. The van der Waals surface area contributed by atoms with Crippen molar-refractivity contribution in [3.8, 4) is 0 Å². The van der Waals surface area contributed by atoms with Crippen molar-refractivity contribution in [1.29, 1.82) is 0 Å². The number of carbonyl (C=O) groups excluding carboxylic acids is 1. The first-order valence-corrected chi connectivity index (χ1v) is 13.3. The maximum Gasteiger partial charge on any atom is 0.252 e. The summed E-state index contributed by atoms with van der Waals surface area (Å²) in [4.78, 5) is 19.8. The highest BCUT2D eigenvalue weighted by Gasteiger charge is 2.50.